The van der Waals surface area contributed by atoms with E-state index in [1.54, 1.807) is 6.07 Å². The Balaban J connectivity index is 1.24. The standard InChI is InChI=1S/C29H38N4O2/c1-23(2)28-12-7-24(21-25(28)22-30)29(34)33-18-16-32(17-19-33)26-8-10-27(11-9-26)35-20-6-15-31-13-4-3-5-14-31/h7-12,21,23H,3-6,13-20H2,1-2H3. The Kier molecular flexibility index (Phi) is 8.65. The lowest BCUT2D eigenvalue weighted by Gasteiger charge is -2.36. The van der Waals surface area contributed by atoms with E-state index in [4.69, 9.17) is 4.74 Å². The molecule has 6 heteroatoms. The topological polar surface area (TPSA) is 59.8 Å². The molecule has 0 radical (unpaired) electrons. The number of rotatable bonds is 8. The minimum atomic E-state index is 0.00440. The van der Waals surface area contributed by atoms with Crippen molar-refractivity contribution >= 4 is 11.6 Å². The molecule has 35 heavy (non-hydrogen) atoms. The molecule has 186 valence electrons. The number of hydrogen-bond donors (Lipinski definition) is 0. The van der Waals surface area contributed by atoms with Crippen molar-refractivity contribution in [1.29, 1.82) is 5.26 Å². The average Bonchev–Trinajstić information content (AvgIpc) is 2.91. The molecule has 6 nitrogen and oxygen atoms in total. The fourth-order valence-electron chi connectivity index (χ4n) is 5.05. The smallest absolute Gasteiger partial charge is 0.254 e. The number of nitriles is 1. The van der Waals surface area contributed by atoms with Gasteiger partial charge in [-0.05, 0) is 80.2 Å². The molecule has 4 rings (SSSR count). The summed E-state index contributed by atoms with van der Waals surface area (Å²) in [4.78, 5) is 19.8. The molecule has 0 atom stereocenters. The Morgan fingerprint density at radius 3 is 2.34 bits per heavy atom. The average molecular weight is 475 g/mol. The number of carbonyl (C=O) groups is 1. The van der Waals surface area contributed by atoms with Crippen LogP contribution in [0, 0.1) is 11.3 Å². The molecule has 0 bridgehead atoms. The molecule has 2 fully saturated rings. The minimum Gasteiger partial charge on any atom is -0.494 e. The number of piperidine rings is 1. The molecule has 2 heterocycles. The summed E-state index contributed by atoms with van der Waals surface area (Å²) in [6.45, 7) is 11.4. The predicted molar refractivity (Wildman–Crippen MR) is 140 cm³/mol. The van der Waals surface area contributed by atoms with Crippen molar-refractivity contribution in [2.45, 2.75) is 45.4 Å². The fraction of sp³-hybridized carbons (Fsp3) is 0.517. The molecule has 2 aromatic rings. The largest absolute Gasteiger partial charge is 0.494 e. The lowest BCUT2D eigenvalue weighted by atomic mass is 9.95. The maximum absolute atomic E-state index is 13.0. The molecule has 2 aliphatic rings. The highest BCUT2D eigenvalue weighted by molar-refractivity contribution is 5.95. The van der Waals surface area contributed by atoms with Crippen LogP contribution in [0.5, 0.6) is 5.75 Å². The van der Waals surface area contributed by atoms with Crippen molar-refractivity contribution < 1.29 is 9.53 Å². The molecule has 1 amide bonds. The van der Waals surface area contributed by atoms with Gasteiger partial charge in [0.25, 0.3) is 5.91 Å². The van der Waals surface area contributed by atoms with Crippen molar-refractivity contribution in [2.24, 2.45) is 0 Å². The number of benzene rings is 2. The Labute approximate surface area is 210 Å². The summed E-state index contributed by atoms with van der Waals surface area (Å²) in [7, 11) is 0. The van der Waals surface area contributed by atoms with Crippen LogP contribution in [-0.4, -0.2) is 68.1 Å². The van der Waals surface area contributed by atoms with Crippen LogP contribution < -0.4 is 9.64 Å². The highest BCUT2D eigenvalue weighted by atomic mass is 16.5. The van der Waals surface area contributed by atoms with Crippen LogP contribution in [0.2, 0.25) is 0 Å². The molecule has 0 N–H and O–H groups in total. The van der Waals surface area contributed by atoms with Crippen molar-refractivity contribution in [3.8, 4) is 11.8 Å². The van der Waals surface area contributed by atoms with Gasteiger partial charge in [0.05, 0.1) is 18.2 Å². The number of nitrogens with zero attached hydrogens (tertiary/aromatic N) is 4. The van der Waals surface area contributed by atoms with Gasteiger partial charge in [0.2, 0.25) is 0 Å². The first-order valence-electron chi connectivity index (χ1n) is 13.1. The Morgan fingerprint density at radius 2 is 1.69 bits per heavy atom. The number of likely N-dealkylation sites (tertiary alicyclic amines) is 1. The zero-order valence-electron chi connectivity index (χ0n) is 21.2. The molecule has 0 aliphatic carbocycles. The van der Waals surface area contributed by atoms with E-state index in [0.29, 0.717) is 24.2 Å². The van der Waals surface area contributed by atoms with Gasteiger partial charge in [0.15, 0.2) is 0 Å². The van der Waals surface area contributed by atoms with E-state index in [1.807, 2.05) is 29.2 Å². The summed E-state index contributed by atoms with van der Waals surface area (Å²) in [5.74, 6) is 1.18. The van der Waals surface area contributed by atoms with Gasteiger partial charge in [-0.2, -0.15) is 5.26 Å². The molecular formula is C29H38N4O2. The Bertz CT molecular complexity index is 1010. The monoisotopic (exact) mass is 474 g/mol. The molecule has 0 saturated carbocycles. The van der Waals surface area contributed by atoms with Gasteiger partial charge in [-0.15, -0.1) is 0 Å². The van der Waals surface area contributed by atoms with Gasteiger partial charge >= 0.3 is 0 Å². The van der Waals surface area contributed by atoms with Crippen molar-refractivity contribution in [1.82, 2.24) is 9.80 Å². The predicted octanol–water partition coefficient (Wildman–Crippen LogP) is 4.90. The lowest BCUT2D eigenvalue weighted by molar-refractivity contribution is 0.0746. The van der Waals surface area contributed by atoms with Gasteiger partial charge in [-0.25, -0.2) is 0 Å². The molecule has 2 saturated heterocycles. The first-order valence-corrected chi connectivity index (χ1v) is 13.1. The second-order valence-corrected chi connectivity index (χ2v) is 9.95. The van der Waals surface area contributed by atoms with E-state index < -0.39 is 0 Å². The number of carbonyl (C=O) groups excluding carboxylic acids is 1. The van der Waals surface area contributed by atoms with Crippen LogP contribution in [0.25, 0.3) is 0 Å². The number of hydrogen-bond acceptors (Lipinski definition) is 5. The quantitative estimate of drug-likeness (QED) is 0.510. The SMILES string of the molecule is CC(C)c1ccc(C(=O)N2CCN(c3ccc(OCCCN4CCCCC4)cc3)CC2)cc1C#N. The van der Waals surface area contributed by atoms with Gasteiger partial charge in [-0.1, -0.05) is 26.3 Å². The molecule has 2 aromatic carbocycles. The summed E-state index contributed by atoms with van der Waals surface area (Å²) >= 11 is 0. The van der Waals surface area contributed by atoms with E-state index in [9.17, 15) is 10.1 Å². The van der Waals surface area contributed by atoms with E-state index in [2.05, 4.69) is 41.8 Å². The summed E-state index contributed by atoms with van der Waals surface area (Å²) in [5.41, 5.74) is 3.34. The summed E-state index contributed by atoms with van der Waals surface area (Å²) in [5, 5.41) is 9.49. The first kappa shape index (κ1) is 25.1. The van der Waals surface area contributed by atoms with Crippen molar-refractivity contribution in [3.05, 3.63) is 59.2 Å². The molecule has 0 unspecified atom stereocenters. The number of anilines is 1. The third kappa shape index (κ3) is 6.55. The Hall–Kier alpha value is -3.04. The van der Waals surface area contributed by atoms with Gasteiger partial charge in [0, 0.05) is 44.0 Å². The lowest BCUT2D eigenvalue weighted by Crippen LogP contribution is -2.48. The van der Waals surface area contributed by atoms with Crippen LogP contribution >= 0.6 is 0 Å². The number of ether oxygens (including phenoxy) is 1. The van der Waals surface area contributed by atoms with Crippen LogP contribution in [0.3, 0.4) is 0 Å². The maximum Gasteiger partial charge on any atom is 0.254 e. The molecular weight excluding hydrogens is 436 g/mol. The Morgan fingerprint density at radius 1 is 0.971 bits per heavy atom. The van der Waals surface area contributed by atoms with Crippen molar-refractivity contribution in [2.75, 3.05) is 57.3 Å². The first-order chi connectivity index (χ1) is 17.0. The summed E-state index contributed by atoms with van der Waals surface area (Å²) in [6, 6.07) is 16.1. The number of piperazine rings is 1. The zero-order valence-corrected chi connectivity index (χ0v) is 21.2. The number of amides is 1. The van der Waals surface area contributed by atoms with E-state index in [0.717, 1.165) is 49.7 Å². The third-order valence-electron chi connectivity index (χ3n) is 7.15. The van der Waals surface area contributed by atoms with Gasteiger partial charge < -0.3 is 19.4 Å². The zero-order chi connectivity index (χ0) is 24.6. The van der Waals surface area contributed by atoms with Crippen LogP contribution in [0.15, 0.2) is 42.5 Å². The van der Waals surface area contributed by atoms with Crippen LogP contribution in [0.1, 0.15) is 66.9 Å². The van der Waals surface area contributed by atoms with E-state index >= 15 is 0 Å². The van der Waals surface area contributed by atoms with Crippen molar-refractivity contribution in [3.63, 3.8) is 0 Å². The van der Waals surface area contributed by atoms with Crippen LogP contribution in [-0.2, 0) is 0 Å². The highest BCUT2D eigenvalue weighted by Crippen LogP contribution is 2.23. The molecule has 0 aromatic heterocycles. The summed E-state index contributed by atoms with van der Waals surface area (Å²) in [6.07, 6.45) is 5.10. The summed E-state index contributed by atoms with van der Waals surface area (Å²) < 4.78 is 5.96. The van der Waals surface area contributed by atoms with E-state index in [-0.39, 0.29) is 11.8 Å². The third-order valence-corrected chi connectivity index (χ3v) is 7.15. The molecule has 2 aliphatic heterocycles. The second kappa shape index (κ2) is 12.1. The highest BCUT2D eigenvalue weighted by Gasteiger charge is 2.23. The normalized spacial score (nSPS) is 16.9. The second-order valence-electron chi connectivity index (χ2n) is 9.95. The van der Waals surface area contributed by atoms with Gasteiger partial charge in [0.1, 0.15) is 5.75 Å². The minimum absolute atomic E-state index is 0.00440. The van der Waals surface area contributed by atoms with E-state index in [1.165, 1.54) is 32.4 Å². The maximum atomic E-state index is 13.0. The fourth-order valence-corrected chi connectivity index (χ4v) is 5.05. The molecule has 0 spiro atoms. The van der Waals surface area contributed by atoms with Gasteiger partial charge in [-0.3, -0.25) is 4.79 Å². The van der Waals surface area contributed by atoms with Crippen LogP contribution in [0.4, 0.5) is 5.69 Å².